The zero-order valence-electron chi connectivity index (χ0n) is 11.6. The highest BCUT2D eigenvalue weighted by molar-refractivity contribution is 5.24. The summed E-state index contributed by atoms with van der Waals surface area (Å²) in [6.07, 6.45) is 4.49. The maximum Gasteiger partial charge on any atom is 0.0917 e. The van der Waals surface area contributed by atoms with Crippen molar-refractivity contribution in [2.45, 2.75) is 51.7 Å². The predicted molar refractivity (Wildman–Crippen MR) is 75.7 cm³/mol. The highest BCUT2D eigenvalue weighted by atomic mass is 16.3. The molecule has 2 nitrogen and oxygen atoms in total. The standard InChI is InChI=1S/C16H25NO/c1-3-11-17(15-9-10-15)12-16(18)14-7-5-13(4-2)6-8-14/h5-8,15-16,18H,3-4,9-12H2,1-2H3. The molecule has 100 valence electrons. The Morgan fingerprint density at radius 3 is 2.39 bits per heavy atom. The third kappa shape index (κ3) is 3.56. The molecule has 1 saturated carbocycles. The van der Waals surface area contributed by atoms with Gasteiger partial charge in [-0.25, -0.2) is 0 Å². The number of aliphatic hydroxyl groups excluding tert-OH is 1. The topological polar surface area (TPSA) is 23.5 Å². The van der Waals surface area contributed by atoms with E-state index in [0.717, 1.165) is 37.5 Å². The number of rotatable bonds is 7. The van der Waals surface area contributed by atoms with Gasteiger partial charge in [0.05, 0.1) is 6.10 Å². The Bertz CT molecular complexity index is 356. The number of hydrogen-bond acceptors (Lipinski definition) is 2. The zero-order valence-corrected chi connectivity index (χ0v) is 11.6. The van der Waals surface area contributed by atoms with Gasteiger partial charge in [-0.05, 0) is 43.4 Å². The van der Waals surface area contributed by atoms with Crippen molar-refractivity contribution >= 4 is 0 Å². The van der Waals surface area contributed by atoms with Gasteiger partial charge in [-0.3, -0.25) is 4.90 Å². The first kappa shape index (κ1) is 13.6. The zero-order chi connectivity index (χ0) is 13.0. The van der Waals surface area contributed by atoms with Crippen LogP contribution in [-0.2, 0) is 6.42 Å². The summed E-state index contributed by atoms with van der Waals surface area (Å²) < 4.78 is 0. The van der Waals surface area contributed by atoms with Crippen LogP contribution in [0.25, 0.3) is 0 Å². The number of aliphatic hydroxyl groups is 1. The summed E-state index contributed by atoms with van der Waals surface area (Å²) in [5, 5.41) is 10.3. The average molecular weight is 247 g/mol. The predicted octanol–water partition coefficient (Wildman–Crippen LogP) is 3.16. The fourth-order valence-corrected chi connectivity index (χ4v) is 2.45. The molecule has 0 heterocycles. The van der Waals surface area contributed by atoms with E-state index in [9.17, 15) is 5.11 Å². The number of nitrogens with zero attached hydrogens (tertiary/aromatic N) is 1. The third-order valence-corrected chi connectivity index (χ3v) is 3.75. The van der Waals surface area contributed by atoms with Crippen molar-refractivity contribution in [2.75, 3.05) is 13.1 Å². The molecule has 1 fully saturated rings. The molecule has 1 aromatic carbocycles. The molecule has 1 unspecified atom stereocenters. The summed E-state index contributed by atoms with van der Waals surface area (Å²) in [6, 6.07) is 9.12. The number of hydrogen-bond donors (Lipinski definition) is 1. The normalized spacial score (nSPS) is 17.1. The van der Waals surface area contributed by atoms with E-state index in [2.05, 4.69) is 43.0 Å². The molecule has 0 bridgehead atoms. The first-order valence-corrected chi connectivity index (χ1v) is 7.25. The van der Waals surface area contributed by atoms with E-state index in [0.29, 0.717) is 0 Å². The maximum absolute atomic E-state index is 10.3. The number of benzene rings is 1. The van der Waals surface area contributed by atoms with Crippen molar-refractivity contribution in [2.24, 2.45) is 0 Å². The van der Waals surface area contributed by atoms with Crippen LogP contribution >= 0.6 is 0 Å². The lowest BCUT2D eigenvalue weighted by Gasteiger charge is -2.24. The molecule has 0 aliphatic heterocycles. The van der Waals surface area contributed by atoms with E-state index in [1.807, 2.05) is 0 Å². The van der Waals surface area contributed by atoms with Crippen LogP contribution in [0.4, 0.5) is 0 Å². The lowest BCUT2D eigenvalue weighted by atomic mass is 10.1. The van der Waals surface area contributed by atoms with Gasteiger partial charge in [0.15, 0.2) is 0 Å². The van der Waals surface area contributed by atoms with E-state index in [4.69, 9.17) is 0 Å². The van der Waals surface area contributed by atoms with Gasteiger partial charge < -0.3 is 5.11 Å². The van der Waals surface area contributed by atoms with Crippen molar-refractivity contribution in [1.29, 1.82) is 0 Å². The molecule has 18 heavy (non-hydrogen) atoms. The van der Waals surface area contributed by atoms with E-state index in [-0.39, 0.29) is 6.10 Å². The highest BCUT2D eigenvalue weighted by Crippen LogP contribution is 2.29. The van der Waals surface area contributed by atoms with E-state index < -0.39 is 0 Å². The van der Waals surface area contributed by atoms with Crippen molar-refractivity contribution < 1.29 is 5.11 Å². The van der Waals surface area contributed by atoms with E-state index in [1.54, 1.807) is 0 Å². The molecular formula is C16H25NO. The second-order valence-electron chi connectivity index (χ2n) is 5.34. The molecule has 1 atom stereocenters. The van der Waals surface area contributed by atoms with E-state index >= 15 is 0 Å². The van der Waals surface area contributed by atoms with Gasteiger partial charge >= 0.3 is 0 Å². The molecule has 2 rings (SSSR count). The Morgan fingerprint density at radius 1 is 1.22 bits per heavy atom. The summed E-state index contributed by atoms with van der Waals surface area (Å²) in [5.41, 5.74) is 2.38. The monoisotopic (exact) mass is 247 g/mol. The van der Waals surface area contributed by atoms with Crippen LogP contribution in [0.3, 0.4) is 0 Å². The highest BCUT2D eigenvalue weighted by Gasteiger charge is 2.29. The quantitative estimate of drug-likeness (QED) is 0.800. The molecule has 1 aliphatic carbocycles. The Hall–Kier alpha value is -0.860. The average Bonchev–Trinajstić information content (AvgIpc) is 3.22. The molecule has 1 N–H and O–H groups in total. The molecule has 0 aromatic heterocycles. The lowest BCUT2D eigenvalue weighted by Crippen LogP contribution is -2.31. The van der Waals surface area contributed by atoms with Crippen LogP contribution in [0, 0.1) is 0 Å². The minimum absolute atomic E-state index is 0.344. The van der Waals surface area contributed by atoms with Crippen molar-refractivity contribution in [3.05, 3.63) is 35.4 Å². The SMILES string of the molecule is CCCN(CC(O)c1ccc(CC)cc1)C1CC1. The second kappa shape index (κ2) is 6.35. The summed E-state index contributed by atoms with van der Waals surface area (Å²) in [4.78, 5) is 2.44. The molecule has 0 amide bonds. The van der Waals surface area contributed by atoms with Gasteiger partial charge in [0.25, 0.3) is 0 Å². The van der Waals surface area contributed by atoms with Crippen molar-refractivity contribution in [1.82, 2.24) is 4.90 Å². The smallest absolute Gasteiger partial charge is 0.0917 e. The van der Waals surface area contributed by atoms with Crippen molar-refractivity contribution in [3.63, 3.8) is 0 Å². The molecule has 0 radical (unpaired) electrons. The van der Waals surface area contributed by atoms with Gasteiger partial charge in [-0.1, -0.05) is 38.1 Å². The summed E-state index contributed by atoms with van der Waals surface area (Å²) >= 11 is 0. The van der Waals surface area contributed by atoms with Gasteiger partial charge in [-0.15, -0.1) is 0 Å². The Labute approximate surface area is 111 Å². The fourth-order valence-electron chi connectivity index (χ4n) is 2.45. The van der Waals surface area contributed by atoms with Crippen LogP contribution in [0.1, 0.15) is 50.3 Å². The lowest BCUT2D eigenvalue weighted by molar-refractivity contribution is 0.108. The van der Waals surface area contributed by atoms with Crippen LogP contribution in [-0.4, -0.2) is 29.1 Å². The molecule has 2 heteroatoms. The van der Waals surface area contributed by atoms with Gasteiger partial charge in [0.1, 0.15) is 0 Å². The van der Waals surface area contributed by atoms with Crippen LogP contribution in [0.2, 0.25) is 0 Å². The van der Waals surface area contributed by atoms with Gasteiger partial charge in [-0.2, -0.15) is 0 Å². The van der Waals surface area contributed by atoms with Gasteiger partial charge in [0, 0.05) is 12.6 Å². The van der Waals surface area contributed by atoms with E-state index in [1.165, 1.54) is 18.4 Å². The third-order valence-electron chi connectivity index (χ3n) is 3.75. The largest absolute Gasteiger partial charge is 0.387 e. The maximum atomic E-state index is 10.3. The molecule has 1 aromatic rings. The first-order chi connectivity index (χ1) is 8.74. The molecule has 0 saturated heterocycles. The first-order valence-electron chi connectivity index (χ1n) is 7.25. The molecular weight excluding hydrogens is 222 g/mol. The second-order valence-corrected chi connectivity index (χ2v) is 5.34. The van der Waals surface area contributed by atoms with Gasteiger partial charge in [0.2, 0.25) is 0 Å². The Balaban J connectivity index is 1.94. The van der Waals surface area contributed by atoms with Crippen LogP contribution in [0.5, 0.6) is 0 Å². The summed E-state index contributed by atoms with van der Waals surface area (Å²) in [7, 11) is 0. The summed E-state index contributed by atoms with van der Waals surface area (Å²) in [5.74, 6) is 0. The Kier molecular flexibility index (Phi) is 4.79. The number of aryl methyl sites for hydroxylation is 1. The van der Waals surface area contributed by atoms with Crippen LogP contribution in [0.15, 0.2) is 24.3 Å². The summed E-state index contributed by atoms with van der Waals surface area (Å²) in [6.45, 7) is 6.25. The minimum Gasteiger partial charge on any atom is -0.387 e. The minimum atomic E-state index is -0.344. The van der Waals surface area contributed by atoms with Crippen LogP contribution < -0.4 is 0 Å². The fraction of sp³-hybridized carbons (Fsp3) is 0.625. The molecule has 1 aliphatic rings. The Morgan fingerprint density at radius 2 is 1.89 bits per heavy atom. The molecule has 0 spiro atoms. The van der Waals surface area contributed by atoms with Crippen molar-refractivity contribution in [3.8, 4) is 0 Å².